The van der Waals surface area contributed by atoms with Gasteiger partial charge >= 0.3 is 0 Å². The number of nitrogens with one attached hydrogen (secondary N) is 1. The molecule has 2 fully saturated rings. The average molecular weight is 581 g/mol. The van der Waals surface area contributed by atoms with Crippen molar-refractivity contribution in [2.24, 2.45) is 5.92 Å². The molecule has 0 radical (unpaired) electrons. The van der Waals surface area contributed by atoms with E-state index in [-0.39, 0.29) is 36.3 Å². The van der Waals surface area contributed by atoms with Gasteiger partial charge in [0, 0.05) is 30.3 Å². The summed E-state index contributed by atoms with van der Waals surface area (Å²) in [5.41, 5.74) is 2.15. The van der Waals surface area contributed by atoms with Gasteiger partial charge in [-0.25, -0.2) is 0 Å². The van der Waals surface area contributed by atoms with Gasteiger partial charge in [-0.1, -0.05) is 24.3 Å². The third-order valence-electron chi connectivity index (χ3n) is 10.6. The van der Waals surface area contributed by atoms with Gasteiger partial charge in [0.1, 0.15) is 5.76 Å². The number of carbonyl (C=O) groups excluding carboxylic acids is 1. The van der Waals surface area contributed by atoms with Crippen LogP contribution in [0.3, 0.4) is 0 Å². The van der Waals surface area contributed by atoms with Crippen molar-refractivity contribution in [2.75, 3.05) is 25.2 Å². The minimum absolute atomic E-state index is 0.000175. The lowest BCUT2D eigenvalue weighted by atomic mass is 9.49. The number of likely N-dealkylation sites (tertiary alicyclic amines) is 1. The highest BCUT2D eigenvalue weighted by atomic mass is 16.7. The van der Waals surface area contributed by atoms with E-state index in [0.29, 0.717) is 35.9 Å². The van der Waals surface area contributed by atoms with E-state index in [1.54, 1.807) is 6.07 Å². The molecule has 4 N–H and O–H groups in total. The largest absolute Gasteiger partial charge is 0.508 e. The number of nitrogens with zero attached hydrogens (tertiary/aromatic N) is 1. The van der Waals surface area contributed by atoms with Gasteiger partial charge in [-0.05, 0) is 85.2 Å². The molecule has 220 valence electrons. The normalized spacial score (nSPS) is 29.7. The second-order valence-electron chi connectivity index (χ2n) is 12.9. The van der Waals surface area contributed by atoms with Gasteiger partial charge in [-0.2, -0.15) is 0 Å². The highest BCUT2D eigenvalue weighted by Gasteiger charge is 2.73. The minimum atomic E-state index is -1.35. The number of hydrogen-bond acceptors (Lipinski definition) is 8. The first-order valence-corrected chi connectivity index (χ1v) is 15.1. The Morgan fingerprint density at radius 2 is 1.79 bits per heavy atom. The Hall–Kier alpha value is -4.21. The summed E-state index contributed by atoms with van der Waals surface area (Å²) < 4.78 is 17.2. The van der Waals surface area contributed by atoms with Crippen LogP contribution in [0.4, 0.5) is 5.69 Å². The Balaban J connectivity index is 1.05. The fourth-order valence-electron chi connectivity index (χ4n) is 8.40. The molecular weight excluding hydrogens is 548 g/mol. The number of amides is 1. The van der Waals surface area contributed by atoms with Crippen molar-refractivity contribution in [3.63, 3.8) is 0 Å². The number of fused-ring (bicyclic) bond motifs is 1. The first-order valence-electron chi connectivity index (χ1n) is 15.1. The van der Waals surface area contributed by atoms with Crippen molar-refractivity contribution in [3.05, 3.63) is 77.1 Å². The number of aliphatic hydroxyl groups excluding tert-OH is 1. The number of benzene rings is 3. The molecule has 0 aromatic heterocycles. The molecule has 3 aromatic carbocycles. The monoisotopic (exact) mass is 580 g/mol. The van der Waals surface area contributed by atoms with E-state index in [9.17, 15) is 20.1 Å². The van der Waals surface area contributed by atoms with Crippen LogP contribution < -0.4 is 19.5 Å². The van der Waals surface area contributed by atoms with Crippen LogP contribution in [0.15, 0.2) is 65.9 Å². The molecule has 9 heteroatoms. The van der Waals surface area contributed by atoms with Crippen molar-refractivity contribution in [1.29, 1.82) is 0 Å². The number of phenols is 1. The number of piperidine rings is 1. The number of rotatable bonds is 5. The van der Waals surface area contributed by atoms with Crippen LogP contribution in [0, 0.1) is 5.92 Å². The van der Waals surface area contributed by atoms with Crippen molar-refractivity contribution < 1.29 is 34.3 Å². The number of anilines is 1. The van der Waals surface area contributed by atoms with E-state index in [1.807, 2.05) is 48.5 Å². The van der Waals surface area contributed by atoms with Gasteiger partial charge in [0.05, 0.1) is 16.6 Å². The van der Waals surface area contributed by atoms with E-state index in [1.165, 1.54) is 12.8 Å². The summed E-state index contributed by atoms with van der Waals surface area (Å²) in [5.74, 6) is 1.73. The van der Waals surface area contributed by atoms with Crippen LogP contribution in [0.25, 0.3) is 11.1 Å². The van der Waals surface area contributed by atoms with Gasteiger partial charge in [-0.15, -0.1) is 0 Å². The molecule has 3 aliphatic heterocycles. The first kappa shape index (κ1) is 25.3. The molecule has 2 bridgehead atoms. The number of aliphatic hydroxyl groups is 2. The topological polar surface area (TPSA) is 121 Å². The molecular formula is C34H32N2O7. The maximum atomic E-state index is 13.8. The Morgan fingerprint density at radius 1 is 1.00 bits per heavy atom. The van der Waals surface area contributed by atoms with Crippen LogP contribution in [-0.2, 0) is 16.6 Å². The fraction of sp³-hybridized carbons (Fsp3) is 0.382. The molecule has 1 saturated heterocycles. The number of phenolic OH excluding ortho intramolecular Hbond substituents is 1. The molecule has 1 amide bonds. The molecule has 9 nitrogen and oxygen atoms in total. The van der Waals surface area contributed by atoms with E-state index in [4.69, 9.17) is 14.2 Å². The van der Waals surface area contributed by atoms with E-state index in [0.717, 1.165) is 41.1 Å². The summed E-state index contributed by atoms with van der Waals surface area (Å²) in [5, 5.41) is 38.2. The van der Waals surface area contributed by atoms with Crippen LogP contribution in [0.1, 0.15) is 36.8 Å². The Bertz CT molecular complexity index is 1730. The van der Waals surface area contributed by atoms with Crippen molar-refractivity contribution in [1.82, 2.24) is 4.90 Å². The van der Waals surface area contributed by atoms with Crippen molar-refractivity contribution in [2.45, 2.75) is 55.3 Å². The summed E-state index contributed by atoms with van der Waals surface area (Å²) in [7, 11) is 0. The molecule has 6 aliphatic rings. The molecule has 3 aromatic rings. The third kappa shape index (κ3) is 3.43. The number of ether oxygens (including phenoxy) is 3. The van der Waals surface area contributed by atoms with E-state index < -0.39 is 23.0 Å². The maximum absolute atomic E-state index is 13.8. The van der Waals surface area contributed by atoms with Gasteiger partial charge in [0.25, 0.3) is 5.91 Å². The van der Waals surface area contributed by atoms with Crippen LogP contribution in [-0.4, -0.2) is 63.8 Å². The average Bonchev–Trinajstić information content (AvgIpc) is 3.56. The Kier molecular flexibility index (Phi) is 5.10. The minimum Gasteiger partial charge on any atom is -0.508 e. The number of aromatic hydroxyl groups is 1. The van der Waals surface area contributed by atoms with Gasteiger partial charge in [0.2, 0.25) is 6.79 Å². The molecule has 9 rings (SSSR count). The zero-order valence-corrected chi connectivity index (χ0v) is 23.5. The van der Waals surface area contributed by atoms with Gasteiger partial charge in [-0.3, -0.25) is 9.69 Å². The lowest BCUT2D eigenvalue weighted by Crippen LogP contribution is -2.75. The molecule has 3 heterocycles. The molecule has 1 saturated carbocycles. The summed E-state index contributed by atoms with van der Waals surface area (Å²) in [6, 6.07) is 16.5. The maximum Gasteiger partial charge on any atom is 0.255 e. The van der Waals surface area contributed by atoms with Gasteiger partial charge < -0.3 is 34.8 Å². The van der Waals surface area contributed by atoms with Crippen LogP contribution >= 0.6 is 0 Å². The van der Waals surface area contributed by atoms with E-state index >= 15 is 0 Å². The fourth-order valence-corrected chi connectivity index (χ4v) is 8.40. The molecule has 43 heavy (non-hydrogen) atoms. The smallest absolute Gasteiger partial charge is 0.255 e. The first-order chi connectivity index (χ1) is 20.9. The van der Waals surface area contributed by atoms with Gasteiger partial charge in [0.15, 0.2) is 29.1 Å². The lowest BCUT2D eigenvalue weighted by Gasteiger charge is -2.62. The summed E-state index contributed by atoms with van der Waals surface area (Å²) in [6.45, 7) is 1.90. The zero-order valence-electron chi connectivity index (χ0n) is 23.5. The molecule has 4 atom stereocenters. The number of hydrogen-bond donors (Lipinski definition) is 4. The quantitative estimate of drug-likeness (QED) is 0.350. The molecule has 3 aliphatic carbocycles. The summed E-state index contributed by atoms with van der Waals surface area (Å²) >= 11 is 0. The SMILES string of the molecule is O=C(Nc1ccc(-c2ccc3c(c2)OCO3)cc1)C1=C(O)[C@@H]2Oc3c(O)ccc4c3[C@@]23CCN(CC2CC2)[C@H](C4)[C@]3(O)C1. The molecule has 1 spiro atoms. The lowest BCUT2D eigenvalue weighted by molar-refractivity contribution is -0.172. The number of carbonyl (C=O) groups is 1. The highest BCUT2D eigenvalue weighted by Crippen LogP contribution is 2.66. The van der Waals surface area contributed by atoms with Crippen molar-refractivity contribution >= 4 is 11.6 Å². The predicted octanol–water partition coefficient (Wildman–Crippen LogP) is 4.41. The second-order valence-corrected chi connectivity index (χ2v) is 12.9. The van der Waals surface area contributed by atoms with Crippen molar-refractivity contribution in [3.8, 4) is 34.1 Å². The summed E-state index contributed by atoms with van der Waals surface area (Å²) in [6.07, 6.45) is 2.62. The summed E-state index contributed by atoms with van der Waals surface area (Å²) in [4.78, 5) is 16.2. The Labute approximate surface area is 248 Å². The zero-order chi connectivity index (χ0) is 29.1. The predicted molar refractivity (Wildman–Crippen MR) is 156 cm³/mol. The van der Waals surface area contributed by atoms with E-state index in [2.05, 4.69) is 10.2 Å². The highest BCUT2D eigenvalue weighted by molar-refractivity contribution is 6.05. The second kappa shape index (κ2) is 8.67. The van der Waals surface area contributed by atoms with Crippen LogP contribution in [0.2, 0.25) is 0 Å². The third-order valence-corrected chi connectivity index (χ3v) is 10.6. The van der Waals surface area contributed by atoms with Crippen LogP contribution in [0.5, 0.6) is 23.0 Å². The molecule has 0 unspecified atom stereocenters. The Morgan fingerprint density at radius 3 is 2.60 bits per heavy atom. The standard InChI is InChI=1S/C34H32N2O7/c37-24-9-5-21-14-27-34(40)15-23(29(38)31-33(34,28(21)30(24)43-31)11-12-36(27)16-18-1-2-18)32(39)35-22-7-3-19(4-8-22)20-6-10-25-26(13-20)42-17-41-25/h3-10,13,18,27,31,37-38,40H,1-2,11-12,14-17H2,(H,35,39)/t27-,31+,33+,34-/m1/s1.